The van der Waals surface area contributed by atoms with Crippen LogP contribution in [-0.4, -0.2) is 76.6 Å². The molecule has 264 valence electrons. The molecule has 1 saturated heterocycles. The Hall–Kier alpha value is -4.50. The largest absolute Gasteiger partial charge is 0.497 e. The van der Waals surface area contributed by atoms with Crippen LogP contribution in [0.15, 0.2) is 97.1 Å². The summed E-state index contributed by atoms with van der Waals surface area (Å²) in [5, 5.41) is 0. The van der Waals surface area contributed by atoms with Gasteiger partial charge in [0.1, 0.15) is 23.9 Å². The number of carbonyl (C=O) groups is 2. The molecule has 0 aromatic heterocycles. The molecule has 0 bridgehead atoms. The fourth-order valence-electron chi connectivity index (χ4n) is 6.36. The van der Waals surface area contributed by atoms with Crippen molar-refractivity contribution in [2.75, 3.05) is 60.4 Å². The summed E-state index contributed by atoms with van der Waals surface area (Å²) in [5.74, 6) is 1.77. The molecule has 0 amide bonds. The SMILES string of the molecule is COc1ccc(C(C)(CCC(=O)OCCOCCOC[N+]2(C)CCCC2)c2ccc(Oc3ccc(C(=O)c4ccc(C)cc4)cc3)cc2)cc1. The van der Waals surface area contributed by atoms with E-state index < -0.39 is 5.41 Å². The number of methoxy groups -OCH3 is 1. The standard InChI is InChI=1S/C42H50NO7/c1-32-7-9-33(10-8-32)41(45)34-11-17-38(18-12-34)50-39-21-15-36(16-22-39)42(2,35-13-19-37(46-4)20-14-35)24-23-40(44)49-30-29-47-27-28-48-31-43(3)25-5-6-26-43/h7-22H,5-6,23-31H2,1-4H3/q+1. The van der Waals surface area contributed by atoms with E-state index in [1.54, 1.807) is 31.4 Å². The second-order valence-electron chi connectivity index (χ2n) is 13.6. The molecular formula is C42H50NO7+. The Kier molecular flexibility index (Phi) is 12.8. The quantitative estimate of drug-likeness (QED) is 0.0458. The molecule has 1 heterocycles. The number of esters is 1. The van der Waals surface area contributed by atoms with Gasteiger partial charge in [0, 0.05) is 35.8 Å². The molecule has 0 radical (unpaired) electrons. The fraction of sp³-hybridized carbons (Fsp3) is 0.381. The Labute approximate surface area is 296 Å². The highest BCUT2D eigenvalue weighted by atomic mass is 16.6. The monoisotopic (exact) mass is 680 g/mol. The van der Waals surface area contributed by atoms with Gasteiger partial charge in [-0.3, -0.25) is 9.59 Å². The van der Waals surface area contributed by atoms with Crippen molar-refractivity contribution in [1.29, 1.82) is 0 Å². The molecule has 5 rings (SSSR count). The summed E-state index contributed by atoms with van der Waals surface area (Å²) < 4.78 is 29.4. The molecule has 0 saturated carbocycles. The Bertz CT molecular complexity index is 1660. The number of hydrogen-bond donors (Lipinski definition) is 0. The average molecular weight is 681 g/mol. The molecule has 8 nitrogen and oxygen atoms in total. The van der Waals surface area contributed by atoms with Gasteiger partial charge in [0.25, 0.3) is 0 Å². The molecule has 8 heteroatoms. The number of ketones is 1. The summed E-state index contributed by atoms with van der Waals surface area (Å²) in [6.07, 6.45) is 3.31. The number of hydrogen-bond acceptors (Lipinski definition) is 7. The van der Waals surface area contributed by atoms with Crippen LogP contribution in [-0.2, 0) is 24.4 Å². The van der Waals surface area contributed by atoms with Gasteiger partial charge in [0.15, 0.2) is 12.5 Å². The zero-order chi connectivity index (χ0) is 35.4. The summed E-state index contributed by atoms with van der Waals surface area (Å²) in [6.45, 7) is 8.75. The van der Waals surface area contributed by atoms with Crippen LogP contribution in [0.2, 0.25) is 0 Å². The number of aryl methyl sites for hydroxylation is 1. The highest BCUT2D eigenvalue weighted by Crippen LogP contribution is 2.38. The molecule has 1 atom stereocenters. The van der Waals surface area contributed by atoms with Crippen molar-refractivity contribution < 1.29 is 37.8 Å². The van der Waals surface area contributed by atoms with Gasteiger partial charge >= 0.3 is 5.97 Å². The molecular weight excluding hydrogens is 630 g/mol. The number of quaternary nitrogens is 1. The van der Waals surface area contributed by atoms with Crippen molar-refractivity contribution in [3.63, 3.8) is 0 Å². The van der Waals surface area contributed by atoms with Crippen LogP contribution in [0.25, 0.3) is 0 Å². The van der Waals surface area contributed by atoms with Gasteiger partial charge in [-0.05, 0) is 73.0 Å². The van der Waals surface area contributed by atoms with Crippen LogP contribution in [0, 0.1) is 6.92 Å². The minimum Gasteiger partial charge on any atom is -0.497 e. The van der Waals surface area contributed by atoms with E-state index in [1.165, 1.54) is 25.9 Å². The second kappa shape index (κ2) is 17.4. The molecule has 0 spiro atoms. The van der Waals surface area contributed by atoms with E-state index in [-0.39, 0.29) is 24.8 Å². The van der Waals surface area contributed by atoms with Gasteiger partial charge < -0.3 is 28.2 Å². The topological polar surface area (TPSA) is 80.3 Å². The van der Waals surface area contributed by atoms with E-state index >= 15 is 0 Å². The normalized spacial score (nSPS) is 14.9. The van der Waals surface area contributed by atoms with Crippen molar-refractivity contribution in [3.8, 4) is 17.2 Å². The van der Waals surface area contributed by atoms with Crippen molar-refractivity contribution >= 4 is 11.8 Å². The Morgan fingerprint density at radius 1 is 0.680 bits per heavy atom. The maximum atomic E-state index is 12.9. The van der Waals surface area contributed by atoms with E-state index in [9.17, 15) is 9.59 Å². The number of benzene rings is 4. The Balaban J connectivity index is 1.14. The number of carbonyl (C=O) groups excluding carboxylic acids is 2. The van der Waals surface area contributed by atoms with E-state index in [4.69, 9.17) is 23.7 Å². The van der Waals surface area contributed by atoms with Gasteiger partial charge in [-0.15, -0.1) is 0 Å². The van der Waals surface area contributed by atoms with Gasteiger partial charge in [-0.25, -0.2) is 0 Å². The molecule has 0 aliphatic carbocycles. The third-order valence-electron chi connectivity index (χ3n) is 9.63. The molecule has 4 aromatic carbocycles. The maximum Gasteiger partial charge on any atom is 0.305 e. The van der Waals surface area contributed by atoms with E-state index in [2.05, 4.69) is 14.0 Å². The molecule has 1 unspecified atom stereocenters. The van der Waals surface area contributed by atoms with Crippen molar-refractivity contribution in [2.24, 2.45) is 0 Å². The molecule has 50 heavy (non-hydrogen) atoms. The van der Waals surface area contributed by atoms with Crippen molar-refractivity contribution in [1.82, 2.24) is 0 Å². The van der Waals surface area contributed by atoms with Crippen molar-refractivity contribution in [2.45, 2.75) is 44.9 Å². The van der Waals surface area contributed by atoms with Gasteiger partial charge in [-0.2, -0.15) is 0 Å². The lowest BCUT2D eigenvalue weighted by molar-refractivity contribution is -0.916. The van der Waals surface area contributed by atoms with E-state index in [0.29, 0.717) is 55.6 Å². The summed E-state index contributed by atoms with van der Waals surface area (Å²) in [4.78, 5) is 25.7. The maximum absolute atomic E-state index is 12.9. The summed E-state index contributed by atoms with van der Waals surface area (Å²) >= 11 is 0. The van der Waals surface area contributed by atoms with Crippen LogP contribution in [0.4, 0.5) is 0 Å². The van der Waals surface area contributed by atoms with Crippen molar-refractivity contribution in [3.05, 3.63) is 125 Å². The predicted molar refractivity (Wildman–Crippen MR) is 194 cm³/mol. The zero-order valence-electron chi connectivity index (χ0n) is 29.8. The summed E-state index contributed by atoms with van der Waals surface area (Å²) in [6, 6.07) is 30.6. The van der Waals surface area contributed by atoms with Crippen LogP contribution in [0.5, 0.6) is 17.2 Å². The minimum atomic E-state index is -0.482. The first-order chi connectivity index (χ1) is 24.2. The molecule has 0 N–H and O–H groups in total. The van der Waals surface area contributed by atoms with Crippen LogP contribution >= 0.6 is 0 Å². The predicted octanol–water partition coefficient (Wildman–Crippen LogP) is 7.89. The molecule has 1 fully saturated rings. The first kappa shape index (κ1) is 36.8. The zero-order valence-corrected chi connectivity index (χ0v) is 29.8. The van der Waals surface area contributed by atoms with Crippen LogP contribution in [0.3, 0.4) is 0 Å². The number of rotatable bonds is 18. The summed E-state index contributed by atoms with van der Waals surface area (Å²) in [5.41, 5.74) is 3.98. The minimum absolute atomic E-state index is 0.0277. The number of nitrogens with zero attached hydrogens (tertiary/aromatic N) is 1. The molecule has 1 aliphatic rings. The van der Waals surface area contributed by atoms with Crippen LogP contribution in [0.1, 0.15) is 65.2 Å². The highest BCUT2D eigenvalue weighted by molar-refractivity contribution is 6.09. The molecule has 4 aromatic rings. The first-order valence-corrected chi connectivity index (χ1v) is 17.5. The van der Waals surface area contributed by atoms with Gasteiger partial charge in [0.05, 0.1) is 47.1 Å². The molecule has 1 aliphatic heterocycles. The smallest absolute Gasteiger partial charge is 0.305 e. The fourth-order valence-corrected chi connectivity index (χ4v) is 6.36. The van der Waals surface area contributed by atoms with Gasteiger partial charge in [-0.1, -0.05) is 61.0 Å². The van der Waals surface area contributed by atoms with Crippen LogP contribution < -0.4 is 9.47 Å². The van der Waals surface area contributed by atoms with E-state index in [0.717, 1.165) is 26.9 Å². The first-order valence-electron chi connectivity index (χ1n) is 17.5. The lowest BCUT2D eigenvalue weighted by Gasteiger charge is -2.31. The third-order valence-corrected chi connectivity index (χ3v) is 9.63. The lowest BCUT2D eigenvalue weighted by Crippen LogP contribution is -2.42. The Morgan fingerprint density at radius 3 is 1.76 bits per heavy atom. The number of likely N-dealkylation sites (tertiary alicyclic amines) is 1. The van der Waals surface area contributed by atoms with Gasteiger partial charge in [0.2, 0.25) is 0 Å². The average Bonchev–Trinajstić information content (AvgIpc) is 3.58. The third kappa shape index (κ3) is 10.0. The Morgan fingerprint density at radius 2 is 1.18 bits per heavy atom. The number of ether oxygens (including phenoxy) is 5. The second-order valence-corrected chi connectivity index (χ2v) is 13.6. The lowest BCUT2D eigenvalue weighted by atomic mass is 9.73. The highest BCUT2D eigenvalue weighted by Gasteiger charge is 2.30. The van der Waals surface area contributed by atoms with E-state index in [1.807, 2.05) is 79.7 Å². The summed E-state index contributed by atoms with van der Waals surface area (Å²) in [7, 11) is 3.88.